The number of hydrogen-bond donors (Lipinski definition) is 1. The topological polar surface area (TPSA) is 58.5 Å². The van der Waals surface area contributed by atoms with E-state index < -0.39 is 0 Å². The fraction of sp³-hybridized carbons (Fsp3) is 0.778. The van der Waals surface area contributed by atoms with E-state index in [-0.39, 0.29) is 12.1 Å². The van der Waals surface area contributed by atoms with Gasteiger partial charge in [0, 0.05) is 5.54 Å². The number of aliphatic hydroxyl groups excluding tert-OH is 1. The molecule has 6 heteroatoms. The van der Waals surface area contributed by atoms with E-state index in [1.54, 1.807) is 0 Å². The molecule has 0 radical (unpaired) electrons. The van der Waals surface area contributed by atoms with Gasteiger partial charge in [0.2, 0.25) is 0 Å². The first-order valence-electron chi connectivity index (χ1n) is 4.69. The quantitative estimate of drug-likeness (QED) is 0.810. The summed E-state index contributed by atoms with van der Waals surface area (Å²) in [5, 5.41) is 17.5. The Kier molecular flexibility index (Phi) is 4.01. The van der Waals surface area contributed by atoms with Gasteiger partial charge < -0.3 is 14.7 Å². The van der Waals surface area contributed by atoms with E-state index in [0.717, 1.165) is 0 Å². The van der Waals surface area contributed by atoms with Gasteiger partial charge in [-0.1, -0.05) is 16.4 Å². The molecule has 1 rings (SSSR count). The predicted octanol–water partition coefficient (Wildman–Crippen LogP) is 0.749. The number of nitrogens with zero attached hydrogens (tertiary/aromatic N) is 3. The standard InChI is InChI=1S/C9H17N3O2S/c1-9(2,12(3)4)6-14-8-11-10-7(5-13)15-8/h13H,5-6H2,1-4H3. The molecule has 1 N–H and O–H groups in total. The van der Waals surface area contributed by atoms with E-state index in [9.17, 15) is 0 Å². The lowest BCUT2D eigenvalue weighted by molar-refractivity contribution is 0.113. The summed E-state index contributed by atoms with van der Waals surface area (Å²) in [6, 6.07) is 0. The van der Waals surface area contributed by atoms with Crippen LogP contribution in [0.5, 0.6) is 5.19 Å². The molecule has 86 valence electrons. The molecule has 15 heavy (non-hydrogen) atoms. The minimum atomic E-state index is -0.0852. The van der Waals surface area contributed by atoms with Crippen molar-refractivity contribution >= 4 is 11.3 Å². The first-order valence-corrected chi connectivity index (χ1v) is 5.51. The van der Waals surface area contributed by atoms with E-state index in [0.29, 0.717) is 16.8 Å². The Morgan fingerprint density at radius 3 is 2.53 bits per heavy atom. The number of aliphatic hydroxyl groups is 1. The van der Waals surface area contributed by atoms with Crippen LogP contribution in [0.2, 0.25) is 0 Å². The second-order valence-corrected chi connectivity index (χ2v) is 5.14. The molecule has 0 fully saturated rings. The average molecular weight is 231 g/mol. The maximum Gasteiger partial charge on any atom is 0.294 e. The molecule has 1 heterocycles. The van der Waals surface area contributed by atoms with Gasteiger partial charge in [-0.3, -0.25) is 0 Å². The van der Waals surface area contributed by atoms with Crippen LogP contribution in [0, 0.1) is 0 Å². The number of ether oxygens (including phenoxy) is 1. The number of aromatic nitrogens is 2. The van der Waals surface area contributed by atoms with Crippen LogP contribution < -0.4 is 4.74 Å². The highest BCUT2D eigenvalue weighted by Gasteiger charge is 2.22. The molecule has 5 nitrogen and oxygen atoms in total. The van der Waals surface area contributed by atoms with Gasteiger partial charge in [-0.25, -0.2) is 0 Å². The molecule has 0 bridgehead atoms. The highest BCUT2D eigenvalue weighted by atomic mass is 32.1. The summed E-state index contributed by atoms with van der Waals surface area (Å²) in [5.41, 5.74) is -0.0505. The van der Waals surface area contributed by atoms with Crippen LogP contribution in [0.15, 0.2) is 0 Å². The van der Waals surface area contributed by atoms with Gasteiger partial charge >= 0.3 is 0 Å². The van der Waals surface area contributed by atoms with Gasteiger partial charge in [0.15, 0.2) is 0 Å². The summed E-state index contributed by atoms with van der Waals surface area (Å²) in [6.07, 6.45) is 0. The van der Waals surface area contributed by atoms with Crippen molar-refractivity contribution in [1.29, 1.82) is 0 Å². The summed E-state index contributed by atoms with van der Waals surface area (Å²) in [4.78, 5) is 2.08. The summed E-state index contributed by atoms with van der Waals surface area (Å²) >= 11 is 1.27. The van der Waals surface area contributed by atoms with Crippen LogP contribution in [0.25, 0.3) is 0 Å². The van der Waals surface area contributed by atoms with Gasteiger partial charge in [-0.2, -0.15) is 0 Å². The van der Waals surface area contributed by atoms with Crippen LogP contribution in [0.4, 0.5) is 0 Å². The smallest absolute Gasteiger partial charge is 0.294 e. The van der Waals surface area contributed by atoms with E-state index >= 15 is 0 Å². The Bertz CT molecular complexity index is 312. The molecule has 0 saturated carbocycles. The summed E-state index contributed by atoms with van der Waals surface area (Å²) < 4.78 is 5.51. The lowest BCUT2D eigenvalue weighted by Gasteiger charge is -2.31. The first kappa shape index (κ1) is 12.4. The minimum absolute atomic E-state index is 0.0505. The molecule has 0 unspecified atom stereocenters. The van der Waals surface area contributed by atoms with Gasteiger partial charge in [0.25, 0.3) is 5.19 Å². The maximum absolute atomic E-state index is 8.81. The Morgan fingerprint density at radius 2 is 2.07 bits per heavy atom. The minimum Gasteiger partial charge on any atom is -0.467 e. The molecule has 0 aliphatic rings. The van der Waals surface area contributed by atoms with E-state index in [4.69, 9.17) is 9.84 Å². The Hall–Kier alpha value is -0.720. The third kappa shape index (κ3) is 3.40. The van der Waals surface area contributed by atoms with Crippen LogP contribution in [-0.2, 0) is 6.61 Å². The van der Waals surface area contributed by atoms with Gasteiger partial charge in [-0.05, 0) is 27.9 Å². The second kappa shape index (κ2) is 4.87. The van der Waals surface area contributed by atoms with Crippen molar-refractivity contribution < 1.29 is 9.84 Å². The summed E-state index contributed by atoms with van der Waals surface area (Å²) in [5.74, 6) is 0. The van der Waals surface area contributed by atoms with Crippen molar-refractivity contribution in [3.63, 3.8) is 0 Å². The van der Waals surface area contributed by atoms with Crippen LogP contribution in [-0.4, -0.2) is 46.4 Å². The first-order chi connectivity index (χ1) is 6.95. The Balaban J connectivity index is 2.50. The molecule has 0 aliphatic carbocycles. The third-order valence-corrected chi connectivity index (χ3v) is 3.16. The van der Waals surface area contributed by atoms with Gasteiger partial charge in [0.05, 0.1) is 6.61 Å². The summed E-state index contributed by atoms with van der Waals surface area (Å²) in [7, 11) is 4.01. The van der Waals surface area contributed by atoms with Gasteiger partial charge in [0.1, 0.15) is 11.6 Å². The van der Waals surface area contributed by atoms with Gasteiger partial charge in [-0.15, -0.1) is 5.10 Å². The van der Waals surface area contributed by atoms with Crippen LogP contribution in [0.3, 0.4) is 0 Å². The van der Waals surface area contributed by atoms with E-state index in [2.05, 4.69) is 28.9 Å². The maximum atomic E-state index is 8.81. The van der Waals surface area contributed by atoms with Crippen molar-refractivity contribution in [1.82, 2.24) is 15.1 Å². The second-order valence-electron chi connectivity index (χ2n) is 4.12. The molecule has 0 saturated heterocycles. The number of rotatable bonds is 5. The number of hydrogen-bond acceptors (Lipinski definition) is 6. The molecule has 1 aromatic heterocycles. The highest BCUT2D eigenvalue weighted by molar-refractivity contribution is 7.13. The zero-order valence-electron chi connectivity index (χ0n) is 9.52. The highest BCUT2D eigenvalue weighted by Crippen LogP contribution is 2.20. The molecular weight excluding hydrogens is 214 g/mol. The monoisotopic (exact) mass is 231 g/mol. The zero-order chi connectivity index (χ0) is 11.5. The van der Waals surface area contributed by atoms with Crippen molar-refractivity contribution in [2.75, 3.05) is 20.7 Å². The SMILES string of the molecule is CN(C)C(C)(C)COc1nnc(CO)s1. The molecule has 0 spiro atoms. The lowest BCUT2D eigenvalue weighted by Crippen LogP contribution is -2.43. The van der Waals surface area contributed by atoms with Crippen molar-refractivity contribution in [3.05, 3.63) is 5.01 Å². The van der Waals surface area contributed by atoms with Crippen LogP contribution >= 0.6 is 11.3 Å². The Morgan fingerprint density at radius 1 is 1.40 bits per heavy atom. The lowest BCUT2D eigenvalue weighted by atomic mass is 10.1. The van der Waals surface area contributed by atoms with Crippen molar-refractivity contribution in [3.8, 4) is 5.19 Å². The number of likely N-dealkylation sites (N-methyl/N-ethyl adjacent to an activating group) is 1. The van der Waals surface area contributed by atoms with E-state index in [1.807, 2.05) is 14.1 Å². The largest absolute Gasteiger partial charge is 0.467 e. The third-order valence-electron chi connectivity index (χ3n) is 2.34. The molecule has 0 amide bonds. The molecule has 0 aliphatic heterocycles. The predicted molar refractivity (Wildman–Crippen MR) is 59.1 cm³/mol. The van der Waals surface area contributed by atoms with Crippen molar-refractivity contribution in [2.24, 2.45) is 0 Å². The normalized spacial score (nSPS) is 12.1. The molecule has 0 atom stereocenters. The fourth-order valence-electron chi connectivity index (χ4n) is 0.728. The average Bonchev–Trinajstić information content (AvgIpc) is 2.62. The fourth-order valence-corrected chi connectivity index (χ4v) is 1.28. The molecular formula is C9H17N3O2S. The Labute approximate surface area is 93.7 Å². The van der Waals surface area contributed by atoms with E-state index in [1.165, 1.54) is 11.3 Å². The molecule has 1 aromatic rings. The van der Waals surface area contributed by atoms with Crippen LogP contribution in [0.1, 0.15) is 18.9 Å². The van der Waals surface area contributed by atoms with Crippen molar-refractivity contribution in [2.45, 2.75) is 26.0 Å². The molecule has 0 aromatic carbocycles. The summed E-state index contributed by atoms with van der Waals surface area (Å²) in [6.45, 7) is 4.63. The zero-order valence-corrected chi connectivity index (χ0v) is 10.3.